The normalized spacial score (nSPS) is 13.5. The minimum absolute atomic E-state index is 0.0960. The molecule has 0 unspecified atom stereocenters. The number of rotatable bonds is 5. The molecule has 1 aliphatic rings. The summed E-state index contributed by atoms with van der Waals surface area (Å²) in [4.78, 5) is 38.7. The molecule has 2 heterocycles. The van der Waals surface area contributed by atoms with Gasteiger partial charge in [0.1, 0.15) is 10.7 Å². The zero-order valence-corrected chi connectivity index (χ0v) is 16.7. The van der Waals surface area contributed by atoms with Crippen molar-refractivity contribution in [1.82, 2.24) is 0 Å². The van der Waals surface area contributed by atoms with E-state index in [0.717, 1.165) is 36.4 Å². The molecule has 0 spiro atoms. The number of benzene rings is 1. The Balaban J connectivity index is 1.91. The second kappa shape index (κ2) is 7.97. The fourth-order valence-electron chi connectivity index (χ4n) is 3.27. The molecular formula is C19H21N3O5S. The first kappa shape index (κ1) is 19.8. The zero-order chi connectivity index (χ0) is 20.4. The monoisotopic (exact) mass is 403 g/mol. The first-order valence-electron chi connectivity index (χ1n) is 8.86. The molecule has 1 N–H and O–H groups in total. The second-order valence-electron chi connectivity index (χ2n) is 6.59. The summed E-state index contributed by atoms with van der Waals surface area (Å²) >= 11 is 1.27. The zero-order valence-electron chi connectivity index (χ0n) is 15.9. The number of anilines is 2. The number of esters is 1. The van der Waals surface area contributed by atoms with Gasteiger partial charge in [-0.2, -0.15) is 0 Å². The molecule has 28 heavy (non-hydrogen) atoms. The van der Waals surface area contributed by atoms with Gasteiger partial charge in [0, 0.05) is 29.6 Å². The standard InChI is InChI=1S/C19H21N3O5S/c1-11-12(2)28-18(16(11)19(24)27-3)20-17(23)13-6-7-14(15(10-13)22(25)26)21-8-4-5-9-21/h6-7,10H,4-5,8-9H2,1-3H3,(H,20,23). The van der Waals surface area contributed by atoms with Gasteiger partial charge in [0.05, 0.1) is 17.6 Å². The molecule has 0 bridgehead atoms. The number of nitro groups is 1. The third-order valence-corrected chi connectivity index (χ3v) is 6.01. The maximum atomic E-state index is 12.7. The number of carbonyl (C=O) groups excluding carboxylic acids is 2. The molecule has 1 aliphatic heterocycles. The van der Waals surface area contributed by atoms with Gasteiger partial charge >= 0.3 is 5.97 Å². The number of thiophene rings is 1. The molecular weight excluding hydrogens is 382 g/mol. The highest BCUT2D eigenvalue weighted by molar-refractivity contribution is 7.16. The van der Waals surface area contributed by atoms with Crippen LogP contribution >= 0.6 is 11.3 Å². The smallest absolute Gasteiger partial charge is 0.341 e. The number of nitrogens with one attached hydrogen (secondary N) is 1. The summed E-state index contributed by atoms with van der Waals surface area (Å²) in [5.74, 6) is -1.05. The van der Waals surface area contributed by atoms with E-state index in [2.05, 4.69) is 5.32 Å². The summed E-state index contributed by atoms with van der Waals surface area (Å²) in [7, 11) is 1.28. The van der Waals surface area contributed by atoms with Crippen molar-refractivity contribution >= 4 is 39.6 Å². The van der Waals surface area contributed by atoms with Gasteiger partial charge in [0.25, 0.3) is 11.6 Å². The number of hydrogen-bond donors (Lipinski definition) is 1. The van der Waals surface area contributed by atoms with Gasteiger partial charge in [0.2, 0.25) is 0 Å². The van der Waals surface area contributed by atoms with Gasteiger partial charge < -0.3 is 15.0 Å². The molecule has 0 atom stereocenters. The van der Waals surface area contributed by atoms with Crippen molar-refractivity contribution < 1.29 is 19.2 Å². The van der Waals surface area contributed by atoms with Crippen LogP contribution in [-0.4, -0.2) is 37.0 Å². The number of methoxy groups -OCH3 is 1. The Morgan fingerprint density at radius 2 is 1.93 bits per heavy atom. The lowest BCUT2D eigenvalue weighted by Gasteiger charge is -2.17. The Morgan fingerprint density at radius 3 is 2.54 bits per heavy atom. The summed E-state index contributed by atoms with van der Waals surface area (Å²) in [6.07, 6.45) is 1.99. The van der Waals surface area contributed by atoms with Gasteiger partial charge in [0.15, 0.2) is 0 Å². The van der Waals surface area contributed by atoms with Crippen LogP contribution in [0.5, 0.6) is 0 Å². The van der Waals surface area contributed by atoms with Crippen LogP contribution in [0.2, 0.25) is 0 Å². The average molecular weight is 403 g/mol. The molecule has 1 saturated heterocycles. The molecule has 1 amide bonds. The summed E-state index contributed by atoms with van der Waals surface area (Å²) in [5, 5.41) is 14.6. The lowest BCUT2D eigenvalue weighted by Crippen LogP contribution is -2.20. The van der Waals surface area contributed by atoms with Crippen molar-refractivity contribution in [2.45, 2.75) is 26.7 Å². The second-order valence-corrected chi connectivity index (χ2v) is 7.81. The number of aryl methyl sites for hydroxylation is 1. The Bertz CT molecular complexity index is 947. The van der Waals surface area contributed by atoms with Gasteiger partial charge in [-0.1, -0.05) is 0 Å². The summed E-state index contributed by atoms with van der Waals surface area (Å²) < 4.78 is 4.80. The number of nitro benzene ring substituents is 1. The van der Waals surface area contributed by atoms with Crippen molar-refractivity contribution in [2.75, 3.05) is 30.4 Å². The maximum Gasteiger partial charge on any atom is 0.341 e. The van der Waals surface area contributed by atoms with Gasteiger partial charge in [-0.05, 0) is 44.4 Å². The highest BCUT2D eigenvalue weighted by Gasteiger charge is 2.26. The van der Waals surface area contributed by atoms with Crippen LogP contribution < -0.4 is 10.2 Å². The molecule has 1 aromatic heterocycles. The minimum Gasteiger partial charge on any atom is -0.465 e. The van der Waals surface area contributed by atoms with E-state index in [-0.39, 0.29) is 11.3 Å². The fourth-order valence-corrected chi connectivity index (χ4v) is 4.32. The van der Waals surface area contributed by atoms with Gasteiger partial charge in [-0.3, -0.25) is 14.9 Å². The highest BCUT2D eigenvalue weighted by atomic mass is 32.1. The number of amides is 1. The average Bonchev–Trinajstić information content (AvgIpc) is 3.29. The van der Waals surface area contributed by atoms with Crippen molar-refractivity contribution in [3.63, 3.8) is 0 Å². The minimum atomic E-state index is -0.535. The van der Waals surface area contributed by atoms with Crippen LogP contribution in [0.15, 0.2) is 18.2 Å². The topological polar surface area (TPSA) is 102 Å². The molecule has 2 aromatic rings. The predicted molar refractivity (Wildman–Crippen MR) is 108 cm³/mol. The molecule has 148 valence electrons. The van der Waals surface area contributed by atoms with E-state index < -0.39 is 16.8 Å². The van der Waals surface area contributed by atoms with E-state index >= 15 is 0 Å². The van der Waals surface area contributed by atoms with Crippen LogP contribution in [0, 0.1) is 24.0 Å². The van der Waals surface area contributed by atoms with Crippen LogP contribution in [0.3, 0.4) is 0 Å². The quantitative estimate of drug-likeness (QED) is 0.461. The summed E-state index contributed by atoms with van der Waals surface area (Å²) in [6, 6.07) is 4.47. The van der Waals surface area contributed by atoms with E-state index in [0.29, 0.717) is 16.3 Å². The van der Waals surface area contributed by atoms with Gasteiger partial charge in [-0.15, -0.1) is 11.3 Å². The molecule has 3 rings (SSSR count). The van der Waals surface area contributed by atoms with E-state index in [1.165, 1.54) is 24.5 Å². The van der Waals surface area contributed by atoms with Crippen LogP contribution in [0.4, 0.5) is 16.4 Å². The molecule has 0 saturated carbocycles. The number of ether oxygens (including phenoxy) is 1. The molecule has 9 heteroatoms. The lowest BCUT2D eigenvalue weighted by molar-refractivity contribution is -0.384. The third-order valence-electron chi connectivity index (χ3n) is 4.88. The highest BCUT2D eigenvalue weighted by Crippen LogP contribution is 2.35. The van der Waals surface area contributed by atoms with E-state index in [4.69, 9.17) is 4.74 Å². The van der Waals surface area contributed by atoms with Crippen LogP contribution in [0.1, 0.15) is 44.0 Å². The Kier molecular flexibility index (Phi) is 5.64. The molecule has 1 fully saturated rings. The largest absolute Gasteiger partial charge is 0.465 e. The first-order chi connectivity index (χ1) is 13.3. The molecule has 0 aliphatic carbocycles. The Hall–Kier alpha value is -2.94. The van der Waals surface area contributed by atoms with Crippen molar-refractivity contribution in [3.05, 3.63) is 49.9 Å². The lowest BCUT2D eigenvalue weighted by atomic mass is 10.1. The van der Waals surface area contributed by atoms with Crippen molar-refractivity contribution in [2.24, 2.45) is 0 Å². The van der Waals surface area contributed by atoms with Crippen molar-refractivity contribution in [3.8, 4) is 0 Å². The summed E-state index contributed by atoms with van der Waals surface area (Å²) in [5.41, 5.74) is 1.64. The predicted octanol–water partition coefficient (Wildman–Crippen LogP) is 3.91. The number of nitrogens with zero attached hydrogens (tertiary/aromatic N) is 2. The molecule has 1 aromatic carbocycles. The van der Waals surface area contributed by atoms with Crippen LogP contribution in [-0.2, 0) is 4.74 Å². The Morgan fingerprint density at radius 1 is 1.25 bits per heavy atom. The van der Waals surface area contributed by atoms with Crippen LogP contribution in [0.25, 0.3) is 0 Å². The third kappa shape index (κ3) is 3.70. The van der Waals surface area contributed by atoms with Crippen molar-refractivity contribution in [1.29, 1.82) is 0 Å². The molecule has 8 nitrogen and oxygen atoms in total. The maximum absolute atomic E-state index is 12.7. The van der Waals surface area contributed by atoms with E-state index in [9.17, 15) is 19.7 Å². The fraction of sp³-hybridized carbons (Fsp3) is 0.368. The van der Waals surface area contributed by atoms with E-state index in [1.807, 2.05) is 11.8 Å². The Labute approximate surface area is 166 Å². The SMILES string of the molecule is COC(=O)c1c(NC(=O)c2ccc(N3CCCC3)c([N+](=O)[O-])c2)sc(C)c1C. The first-order valence-corrected chi connectivity index (χ1v) is 9.68. The van der Waals surface area contributed by atoms with E-state index in [1.54, 1.807) is 19.1 Å². The number of carbonyl (C=O) groups is 2. The number of hydrogen-bond acceptors (Lipinski definition) is 7. The molecule has 0 radical (unpaired) electrons. The summed E-state index contributed by atoms with van der Waals surface area (Å²) in [6.45, 7) is 5.16. The van der Waals surface area contributed by atoms with Gasteiger partial charge in [-0.25, -0.2) is 4.79 Å².